The zero-order chi connectivity index (χ0) is 8.97. The van der Waals surface area contributed by atoms with Gasteiger partial charge in [-0.05, 0) is 6.92 Å². The van der Waals surface area contributed by atoms with Crippen LogP contribution < -0.4 is 0 Å². The van der Waals surface area contributed by atoms with Gasteiger partial charge in [0.1, 0.15) is 6.33 Å². The van der Waals surface area contributed by atoms with E-state index in [0.29, 0.717) is 5.56 Å². The molecule has 1 rings (SSSR count). The second-order valence-corrected chi connectivity index (χ2v) is 2.69. The molecule has 0 aliphatic rings. The maximum atomic E-state index is 11.1. The first kappa shape index (κ1) is 8.93. The molecule has 0 radical (unpaired) electrons. The number of carbonyl (C=O) groups is 1. The molecule has 12 heavy (non-hydrogen) atoms. The fourth-order valence-electron chi connectivity index (χ4n) is 0.620. The van der Waals surface area contributed by atoms with E-state index in [1.807, 2.05) is 0 Å². The van der Waals surface area contributed by atoms with Crippen molar-refractivity contribution < 1.29 is 9.53 Å². The number of ether oxygens (including phenoxy) is 1. The first-order valence-electron chi connectivity index (χ1n) is 3.30. The minimum atomic E-state index is -0.641. The fraction of sp³-hybridized carbons (Fsp3) is 0.286. The van der Waals surface area contributed by atoms with Gasteiger partial charge in [-0.1, -0.05) is 11.6 Å². The molecule has 1 aromatic rings. The molecule has 0 amide bonds. The van der Waals surface area contributed by atoms with E-state index in [1.54, 1.807) is 6.92 Å². The third-order valence-corrected chi connectivity index (χ3v) is 1.15. The monoisotopic (exact) mass is 186 g/mol. The summed E-state index contributed by atoms with van der Waals surface area (Å²) in [4.78, 5) is 18.4. The van der Waals surface area contributed by atoms with Crippen LogP contribution in [-0.2, 0) is 4.74 Å². The minimum Gasteiger partial charge on any atom is -0.443 e. The lowest BCUT2D eigenvalue weighted by atomic mass is 10.3. The lowest BCUT2D eigenvalue weighted by Crippen LogP contribution is -2.10. The Morgan fingerprint density at radius 1 is 1.58 bits per heavy atom. The quantitative estimate of drug-likeness (QED) is 0.515. The summed E-state index contributed by atoms with van der Waals surface area (Å²) in [6, 6.07) is 0. The van der Waals surface area contributed by atoms with Crippen molar-refractivity contribution in [3.63, 3.8) is 0 Å². The molecule has 4 nitrogen and oxygen atoms in total. The van der Waals surface area contributed by atoms with Gasteiger partial charge in [-0.15, -0.1) is 0 Å². The highest BCUT2D eigenvalue weighted by molar-refractivity contribution is 6.20. The Morgan fingerprint density at radius 2 is 2.17 bits per heavy atom. The van der Waals surface area contributed by atoms with E-state index < -0.39 is 11.5 Å². The van der Waals surface area contributed by atoms with Gasteiger partial charge < -0.3 is 4.74 Å². The Hall–Kier alpha value is -1.16. The van der Waals surface area contributed by atoms with Gasteiger partial charge in [-0.25, -0.2) is 14.8 Å². The first-order valence-corrected chi connectivity index (χ1v) is 3.74. The molecule has 1 atom stereocenters. The average Bonchev–Trinajstić information content (AvgIpc) is 2.05. The molecule has 0 aromatic carbocycles. The van der Waals surface area contributed by atoms with E-state index in [2.05, 4.69) is 14.7 Å². The predicted octanol–water partition coefficient (Wildman–Crippen LogP) is 1.22. The molecular weight excluding hydrogens is 180 g/mol. The zero-order valence-corrected chi connectivity index (χ0v) is 7.15. The topological polar surface area (TPSA) is 52.1 Å². The standard InChI is InChI=1S/C7H7ClN2O2/c1-5(8)12-7(11)6-2-9-4-10-3-6/h2-5H,1H3. The summed E-state index contributed by atoms with van der Waals surface area (Å²) in [5.41, 5.74) is -0.345. The minimum absolute atomic E-state index is 0.296. The number of alkyl halides is 1. The van der Waals surface area contributed by atoms with Crippen LogP contribution in [0.1, 0.15) is 17.3 Å². The number of nitrogens with zero attached hydrogens (tertiary/aromatic N) is 2. The van der Waals surface area contributed by atoms with Crippen LogP contribution in [0.25, 0.3) is 0 Å². The third-order valence-electron chi connectivity index (χ3n) is 1.07. The molecule has 0 saturated carbocycles. The van der Waals surface area contributed by atoms with Gasteiger partial charge in [0.2, 0.25) is 0 Å². The summed E-state index contributed by atoms with van der Waals surface area (Å²) in [5.74, 6) is -0.516. The van der Waals surface area contributed by atoms with Crippen LogP contribution in [0.3, 0.4) is 0 Å². The highest BCUT2D eigenvalue weighted by Crippen LogP contribution is 2.02. The highest BCUT2D eigenvalue weighted by Gasteiger charge is 2.09. The van der Waals surface area contributed by atoms with Crippen molar-refractivity contribution in [2.45, 2.75) is 12.5 Å². The molecule has 0 aliphatic heterocycles. The smallest absolute Gasteiger partial charge is 0.342 e. The van der Waals surface area contributed by atoms with Crippen LogP contribution in [0.4, 0.5) is 0 Å². The predicted molar refractivity (Wildman–Crippen MR) is 42.8 cm³/mol. The van der Waals surface area contributed by atoms with E-state index in [0.717, 1.165) is 0 Å². The number of carbonyl (C=O) groups excluding carboxylic acids is 1. The van der Waals surface area contributed by atoms with Gasteiger partial charge in [0.15, 0.2) is 5.56 Å². The Kier molecular flexibility index (Phi) is 2.99. The van der Waals surface area contributed by atoms with E-state index in [9.17, 15) is 4.79 Å². The number of esters is 1. The maximum absolute atomic E-state index is 11.1. The number of rotatable bonds is 2. The van der Waals surface area contributed by atoms with Gasteiger partial charge in [-0.3, -0.25) is 0 Å². The number of aromatic nitrogens is 2. The molecule has 5 heteroatoms. The van der Waals surface area contributed by atoms with Crippen molar-refractivity contribution in [2.24, 2.45) is 0 Å². The van der Waals surface area contributed by atoms with Crippen LogP contribution in [0.5, 0.6) is 0 Å². The summed E-state index contributed by atoms with van der Waals surface area (Å²) in [5, 5.41) is 0. The van der Waals surface area contributed by atoms with Crippen molar-refractivity contribution in [2.75, 3.05) is 0 Å². The fourth-order valence-corrected chi connectivity index (χ4v) is 0.701. The van der Waals surface area contributed by atoms with Crippen LogP contribution in [-0.4, -0.2) is 21.5 Å². The average molecular weight is 187 g/mol. The van der Waals surface area contributed by atoms with Crippen LogP contribution >= 0.6 is 11.6 Å². The van der Waals surface area contributed by atoms with Gasteiger partial charge in [-0.2, -0.15) is 0 Å². The summed E-state index contributed by atoms with van der Waals surface area (Å²) in [7, 11) is 0. The van der Waals surface area contributed by atoms with E-state index in [1.165, 1.54) is 18.7 Å². The summed E-state index contributed by atoms with van der Waals surface area (Å²) in [6.45, 7) is 1.56. The Labute approximate surface area is 74.5 Å². The van der Waals surface area contributed by atoms with Crippen molar-refractivity contribution in [3.05, 3.63) is 24.3 Å². The van der Waals surface area contributed by atoms with Crippen LogP contribution in [0.2, 0.25) is 0 Å². The van der Waals surface area contributed by atoms with Gasteiger partial charge in [0.25, 0.3) is 0 Å². The molecule has 0 fully saturated rings. The largest absolute Gasteiger partial charge is 0.443 e. The Bertz CT molecular complexity index is 263. The van der Waals surface area contributed by atoms with E-state index in [4.69, 9.17) is 11.6 Å². The normalized spacial score (nSPS) is 12.2. The summed E-state index contributed by atoms with van der Waals surface area (Å²) in [6.07, 6.45) is 4.07. The van der Waals surface area contributed by atoms with Gasteiger partial charge in [0.05, 0.1) is 5.56 Å². The molecule has 64 valence electrons. The number of hydrogen-bond donors (Lipinski definition) is 0. The molecule has 1 unspecified atom stereocenters. The van der Waals surface area contributed by atoms with Crippen molar-refractivity contribution in [3.8, 4) is 0 Å². The second kappa shape index (κ2) is 4.01. The molecule has 0 spiro atoms. The number of hydrogen-bond acceptors (Lipinski definition) is 4. The first-order chi connectivity index (χ1) is 5.70. The lowest BCUT2D eigenvalue weighted by Gasteiger charge is -2.04. The molecule has 0 aliphatic carbocycles. The van der Waals surface area contributed by atoms with Crippen LogP contribution in [0.15, 0.2) is 18.7 Å². The third kappa shape index (κ3) is 2.47. The van der Waals surface area contributed by atoms with Crippen LogP contribution in [0, 0.1) is 0 Å². The summed E-state index contributed by atoms with van der Waals surface area (Å²) < 4.78 is 4.68. The zero-order valence-electron chi connectivity index (χ0n) is 6.40. The molecule has 0 bridgehead atoms. The second-order valence-electron chi connectivity index (χ2n) is 2.08. The Balaban J connectivity index is 2.66. The number of halogens is 1. The molecule has 1 aromatic heterocycles. The SMILES string of the molecule is CC(Cl)OC(=O)c1cncnc1. The van der Waals surface area contributed by atoms with Crippen molar-refractivity contribution in [1.29, 1.82) is 0 Å². The summed E-state index contributed by atoms with van der Waals surface area (Å²) >= 11 is 5.44. The van der Waals surface area contributed by atoms with Crippen molar-refractivity contribution in [1.82, 2.24) is 9.97 Å². The molecule has 0 saturated heterocycles. The highest BCUT2D eigenvalue weighted by atomic mass is 35.5. The lowest BCUT2D eigenvalue weighted by molar-refractivity contribution is 0.0471. The van der Waals surface area contributed by atoms with Gasteiger partial charge in [0, 0.05) is 12.4 Å². The van der Waals surface area contributed by atoms with Gasteiger partial charge >= 0.3 is 5.97 Å². The molecular formula is C7H7ClN2O2. The molecule has 0 N–H and O–H groups in total. The van der Waals surface area contributed by atoms with E-state index in [-0.39, 0.29) is 0 Å². The Morgan fingerprint density at radius 3 is 2.67 bits per heavy atom. The molecule has 1 heterocycles. The van der Waals surface area contributed by atoms with Crippen molar-refractivity contribution >= 4 is 17.6 Å². The maximum Gasteiger partial charge on any atom is 0.342 e. The van der Waals surface area contributed by atoms with E-state index >= 15 is 0 Å².